The van der Waals surface area contributed by atoms with Gasteiger partial charge in [0.05, 0.1) is 12.6 Å². The highest BCUT2D eigenvalue weighted by molar-refractivity contribution is 5.90. The lowest BCUT2D eigenvalue weighted by atomic mass is 10.2. The fourth-order valence-electron chi connectivity index (χ4n) is 2.30. The summed E-state index contributed by atoms with van der Waals surface area (Å²) in [6.07, 6.45) is 1.67. The maximum Gasteiger partial charge on any atom is 0.341 e. The van der Waals surface area contributed by atoms with Crippen LogP contribution in [0.5, 0.6) is 5.75 Å². The summed E-state index contributed by atoms with van der Waals surface area (Å²) in [6, 6.07) is 6.12. The van der Waals surface area contributed by atoms with Gasteiger partial charge in [0.15, 0.2) is 6.61 Å². The first-order chi connectivity index (χ1) is 10.1. The number of anilines is 1. The Morgan fingerprint density at radius 1 is 1.43 bits per heavy atom. The van der Waals surface area contributed by atoms with E-state index in [0.29, 0.717) is 18.0 Å². The van der Waals surface area contributed by atoms with Crippen LogP contribution in [0.15, 0.2) is 24.3 Å². The maximum absolute atomic E-state index is 12.1. The minimum absolute atomic E-state index is 0.0464. The Morgan fingerprint density at radius 2 is 2.24 bits per heavy atom. The molecule has 0 bridgehead atoms. The molecule has 1 saturated heterocycles. The van der Waals surface area contributed by atoms with Crippen molar-refractivity contribution in [1.29, 1.82) is 0 Å². The molecule has 0 radical (unpaired) electrons. The third-order valence-electron chi connectivity index (χ3n) is 3.30. The SMILES string of the molecule is O=C(O)COc1cccc(NC(=O)N2CCCC2CO)c1. The van der Waals surface area contributed by atoms with Crippen LogP contribution in [0.4, 0.5) is 10.5 Å². The minimum atomic E-state index is -1.06. The van der Waals surface area contributed by atoms with Gasteiger partial charge in [-0.3, -0.25) is 0 Å². The highest BCUT2D eigenvalue weighted by atomic mass is 16.5. The monoisotopic (exact) mass is 294 g/mol. The second-order valence-electron chi connectivity index (χ2n) is 4.81. The molecule has 0 aromatic heterocycles. The minimum Gasteiger partial charge on any atom is -0.482 e. The van der Waals surface area contributed by atoms with E-state index < -0.39 is 12.6 Å². The number of aliphatic carboxylic acids is 1. The van der Waals surface area contributed by atoms with Crippen LogP contribution in [0.1, 0.15) is 12.8 Å². The first-order valence-electron chi connectivity index (χ1n) is 6.73. The van der Waals surface area contributed by atoms with Crippen LogP contribution in [0.25, 0.3) is 0 Å². The Morgan fingerprint density at radius 3 is 2.95 bits per heavy atom. The van der Waals surface area contributed by atoms with Gasteiger partial charge in [-0.05, 0) is 25.0 Å². The quantitative estimate of drug-likeness (QED) is 0.756. The number of benzene rings is 1. The maximum atomic E-state index is 12.1. The fraction of sp³-hybridized carbons (Fsp3) is 0.429. The highest BCUT2D eigenvalue weighted by Gasteiger charge is 2.27. The van der Waals surface area contributed by atoms with Gasteiger partial charge in [-0.1, -0.05) is 6.07 Å². The van der Waals surface area contributed by atoms with Gasteiger partial charge in [0, 0.05) is 18.3 Å². The molecule has 1 aliphatic rings. The van der Waals surface area contributed by atoms with Crippen LogP contribution in [0.2, 0.25) is 0 Å². The number of rotatable bonds is 5. The van der Waals surface area contributed by atoms with Crippen LogP contribution >= 0.6 is 0 Å². The molecular formula is C14H18N2O5. The van der Waals surface area contributed by atoms with Crippen molar-refractivity contribution in [2.24, 2.45) is 0 Å². The molecule has 1 aromatic carbocycles. The predicted molar refractivity (Wildman–Crippen MR) is 75.4 cm³/mol. The third kappa shape index (κ3) is 4.09. The molecule has 114 valence electrons. The highest BCUT2D eigenvalue weighted by Crippen LogP contribution is 2.21. The zero-order valence-corrected chi connectivity index (χ0v) is 11.5. The Balaban J connectivity index is 1.97. The van der Waals surface area contributed by atoms with E-state index in [1.54, 1.807) is 29.2 Å². The Labute approximate surface area is 122 Å². The lowest BCUT2D eigenvalue weighted by Crippen LogP contribution is -2.40. The van der Waals surface area contributed by atoms with E-state index in [1.807, 2.05) is 0 Å². The lowest BCUT2D eigenvalue weighted by Gasteiger charge is -2.23. The topological polar surface area (TPSA) is 99.1 Å². The number of nitrogens with zero attached hydrogens (tertiary/aromatic N) is 1. The normalized spacial score (nSPS) is 17.6. The fourth-order valence-corrected chi connectivity index (χ4v) is 2.30. The molecule has 21 heavy (non-hydrogen) atoms. The summed E-state index contributed by atoms with van der Waals surface area (Å²) in [4.78, 5) is 24.2. The molecule has 1 aromatic rings. The van der Waals surface area contributed by atoms with E-state index in [4.69, 9.17) is 9.84 Å². The zero-order chi connectivity index (χ0) is 15.2. The number of nitrogens with one attached hydrogen (secondary N) is 1. The summed E-state index contributed by atoms with van der Waals surface area (Å²) in [6.45, 7) is 0.136. The van der Waals surface area contributed by atoms with Gasteiger partial charge >= 0.3 is 12.0 Å². The zero-order valence-electron chi connectivity index (χ0n) is 11.5. The average Bonchev–Trinajstić information content (AvgIpc) is 2.94. The number of aliphatic hydroxyl groups excluding tert-OH is 1. The molecule has 7 nitrogen and oxygen atoms in total. The molecule has 1 atom stereocenters. The van der Waals surface area contributed by atoms with Crippen molar-refractivity contribution < 1.29 is 24.5 Å². The summed E-state index contributed by atoms with van der Waals surface area (Å²) >= 11 is 0. The van der Waals surface area contributed by atoms with Crippen molar-refractivity contribution in [3.05, 3.63) is 24.3 Å². The molecule has 1 aliphatic heterocycles. The molecule has 1 unspecified atom stereocenters. The van der Waals surface area contributed by atoms with Crippen LogP contribution in [0.3, 0.4) is 0 Å². The number of likely N-dealkylation sites (tertiary alicyclic amines) is 1. The standard InChI is InChI=1S/C14H18N2O5/c17-8-11-4-2-6-16(11)14(20)15-10-3-1-5-12(7-10)21-9-13(18)19/h1,3,5,7,11,17H,2,4,6,8-9H2,(H,15,20)(H,18,19). The van der Waals surface area contributed by atoms with Crippen LogP contribution in [0, 0.1) is 0 Å². The van der Waals surface area contributed by atoms with E-state index in [9.17, 15) is 14.7 Å². The van der Waals surface area contributed by atoms with Gasteiger partial charge in [-0.25, -0.2) is 9.59 Å². The summed E-state index contributed by atoms with van der Waals surface area (Å²) in [7, 11) is 0. The van der Waals surface area contributed by atoms with E-state index in [-0.39, 0.29) is 18.7 Å². The number of ether oxygens (including phenoxy) is 1. The Bertz CT molecular complexity index is 520. The van der Waals surface area contributed by atoms with Crippen molar-refractivity contribution in [1.82, 2.24) is 4.90 Å². The smallest absolute Gasteiger partial charge is 0.341 e. The Kier molecular flexibility index (Phi) is 4.99. The molecule has 2 amide bonds. The van der Waals surface area contributed by atoms with Crippen molar-refractivity contribution in [3.8, 4) is 5.75 Å². The second-order valence-corrected chi connectivity index (χ2v) is 4.81. The van der Waals surface area contributed by atoms with Gasteiger partial charge in [0.2, 0.25) is 0 Å². The molecule has 1 heterocycles. The number of hydrogen-bond acceptors (Lipinski definition) is 4. The molecule has 0 spiro atoms. The first-order valence-corrected chi connectivity index (χ1v) is 6.73. The van der Waals surface area contributed by atoms with Gasteiger partial charge in [0.1, 0.15) is 5.75 Å². The van der Waals surface area contributed by atoms with Crippen molar-refractivity contribution in [2.75, 3.05) is 25.1 Å². The first kappa shape index (κ1) is 15.1. The predicted octanol–water partition coefficient (Wildman–Crippen LogP) is 1.14. The van der Waals surface area contributed by atoms with E-state index in [1.165, 1.54) is 0 Å². The molecule has 2 rings (SSSR count). The Hall–Kier alpha value is -2.28. The number of carboxylic acids is 1. The van der Waals surface area contributed by atoms with E-state index >= 15 is 0 Å². The summed E-state index contributed by atoms with van der Waals surface area (Å²) in [5.74, 6) is -0.692. The largest absolute Gasteiger partial charge is 0.482 e. The molecule has 1 fully saturated rings. The number of carbonyl (C=O) groups is 2. The van der Waals surface area contributed by atoms with Gasteiger partial charge in [-0.15, -0.1) is 0 Å². The lowest BCUT2D eigenvalue weighted by molar-refractivity contribution is -0.139. The molecule has 0 saturated carbocycles. The van der Waals surface area contributed by atoms with E-state index in [0.717, 1.165) is 12.8 Å². The van der Waals surface area contributed by atoms with Crippen molar-refractivity contribution in [3.63, 3.8) is 0 Å². The second kappa shape index (κ2) is 6.94. The van der Waals surface area contributed by atoms with Crippen LogP contribution < -0.4 is 10.1 Å². The van der Waals surface area contributed by atoms with Crippen molar-refractivity contribution >= 4 is 17.7 Å². The number of urea groups is 1. The van der Waals surface area contributed by atoms with E-state index in [2.05, 4.69) is 5.32 Å². The van der Waals surface area contributed by atoms with Crippen molar-refractivity contribution in [2.45, 2.75) is 18.9 Å². The average molecular weight is 294 g/mol. The van der Waals surface area contributed by atoms with Crippen LogP contribution in [-0.4, -0.2) is 52.9 Å². The number of amides is 2. The number of carbonyl (C=O) groups excluding carboxylic acids is 1. The van der Waals surface area contributed by atoms with Crippen LogP contribution in [-0.2, 0) is 4.79 Å². The summed E-state index contributed by atoms with van der Waals surface area (Å²) < 4.78 is 5.05. The number of hydrogen-bond donors (Lipinski definition) is 3. The van der Waals surface area contributed by atoms with Gasteiger partial charge in [-0.2, -0.15) is 0 Å². The van der Waals surface area contributed by atoms with Gasteiger partial charge < -0.3 is 25.2 Å². The third-order valence-corrected chi connectivity index (χ3v) is 3.30. The number of aliphatic hydroxyl groups is 1. The van der Waals surface area contributed by atoms with Gasteiger partial charge in [0.25, 0.3) is 0 Å². The summed E-state index contributed by atoms with van der Waals surface area (Å²) in [5, 5.41) is 20.5. The number of carboxylic acid groups (broad SMARTS) is 1. The molecular weight excluding hydrogens is 276 g/mol. The summed E-state index contributed by atoms with van der Waals surface area (Å²) in [5.41, 5.74) is 0.520. The molecule has 0 aliphatic carbocycles. The molecule has 7 heteroatoms. The molecule has 3 N–H and O–H groups in total.